The van der Waals surface area contributed by atoms with Gasteiger partial charge in [-0.2, -0.15) is 5.10 Å². The summed E-state index contributed by atoms with van der Waals surface area (Å²) in [5, 5.41) is 4.36. The summed E-state index contributed by atoms with van der Waals surface area (Å²) in [6.07, 6.45) is 3.54. The van der Waals surface area contributed by atoms with Crippen molar-refractivity contribution < 1.29 is 0 Å². The van der Waals surface area contributed by atoms with E-state index in [2.05, 4.69) is 10.1 Å². The van der Waals surface area contributed by atoms with Gasteiger partial charge in [-0.15, -0.1) is 0 Å². The van der Waals surface area contributed by atoms with Gasteiger partial charge in [0.05, 0.1) is 11.9 Å². The Morgan fingerprint density at radius 2 is 1.89 bits per heavy atom. The number of para-hydroxylation sites is 1. The minimum atomic E-state index is -0.106. The Morgan fingerprint density at radius 1 is 1.05 bits per heavy atom. The van der Waals surface area contributed by atoms with Gasteiger partial charge in [0.2, 0.25) is 0 Å². The van der Waals surface area contributed by atoms with Gasteiger partial charge in [0.15, 0.2) is 5.65 Å². The van der Waals surface area contributed by atoms with Crippen LogP contribution in [-0.2, 0) is 0 Å². The number of nitrogens with one attached hydrogen (secondary N) is 1. The minimum absolute atomic E-state index is 0.106. The first-order valence-corrected chi connectivity index (χ1v) is 5.97. The summed E-state index contributed by atoms with van der Waals surface area (Å²) in [6.45, 7) is 0. The zero-order valence-corrected chi connectivity index (χ0v) is 9.95. The van der Waals surface area contributed by atoms with Crippen molar-refractivity contribution in [3.05, 3.63) is 65.2 Å². The zero-order valence-electron chi connectivity index (χ0n) is 9.95. The van der Waals surface area contributed by atoms with E-state index in [1.807, 2.05) is 51.7 Å². The van der Waals surface area contributed by atoms with Crippen LogP contribution in [0.1, 0.15) is 0 Å². The number of rotatable bonds is 1. The van der Waals surface area contributed by atoms with Gasteiger partial charge in [-0.3, -0.25) is 9.20 Å². The number of nitrogens with zero attached hydrogens (tertiary/aromatic N) is 3. The average molecular weight is 250 g/mol. The molecule has 0 aliphatic rings. The molecule has 0 bridgehead atoms. The molecule has 0 fully saturated rings. The number of aromatic nitrogens is 4. The summed E-state index contributed by atoms with van der Waals surface area (Å²) in [5.74, 6) is 0. The molecule has 5 nitrogen and oxygen atoms in total. The van der Waals surface area contributed by atoms with Crippen molar-refractivity contribution in [3.8, 4) is 5.69 Å². The quantitative estimate of drug-likeness (QED) is 0.561. The second-order valence-corrected chi connectivity index (χ2v) is 4.35. The van der Waals surface area contributed by atoms with E-state index in [9.17, 15) is 4.79 Å². The largest absolute Gasteiger partial charge is 0.316 e. The van der Waals surface area contributed by atoms with E-state index in [0.29, 0.717) is 5.52 Å². The summed E-state index contributed by atoms with van der Waals surface area (Å²) in [7, 11) is 0. The summed E-state index contributed by atoms with van der Waals surface area (Å²) in [4.78, 5) is 14.7. The number of hydrogen-bond acceptors (Lipinski definition) is 2. The lowest BCUT2D eigenvalue weighted by atomic mass is 10.3. The highest BCUT2D eigenvalue weighted by molar-refractivity contribution is 5.76. The molecule has 19 heavy (non-hydrogen) atoms. The summed E-state index contributed by atoms with van der Waals surface area (Å²) < 4.78 is 3.67. The van der Waals surface area contributed by atoms with Crippen molar-refractivity contribution in [2.75, 3.05) is 0 Å². The standard InChI is InChI=1S/C14H10N4O/c19-13-12-7-4-8-17(12)14-11(16-13)9-15-18(14)10-5-2-1-3-6-10/h1-9H,(H,16,19). The predicted octanol–water partition coefficient (Wildman–Crippen LogP) is 1.97. The van der Waals surface area contributed by atoms with Gasteiger partial charge >= 0.3 is 0 Å². The smallest absolute Gasteiger partial charge is 0.272 e. The summed E-state index contributed by atoms with van der Waals surface area (Å²) in [6, 6.07) is 13.5. The van der Waals surface area contributed by atoms with Crippen LogP contribution in [-0.4, -0.2) is 19.2 Å². The second-order valence-electron chi connectivity index (χ2n) is 4.35. The molecule has 1 N–H and O–H groups in total. The maximum atomic E-state index is 11.9. The molecule has 0 unspecified atom stereocenters. The van der Waals surface area contributed by atoms with Gasteiger partial charge in [-0.1, -0.05) is 18.2 Å². The van der Waals surface area contributed by atoms with E-state index in [-0.39, 0.29) is 5.56 Å². The van der Waals surface area contributed by atoms with Crippen LogP contribution in [0.5, 0.6) is 0 Å². The fraction of sp³-hybridized carbons (Fsp3) is 0. The van der Waals surface area contributed by atoms with Crippen LogP contribution in [0.2, 0.25) is 0 Å². The highest BCUT2D eigenvalue weighted by atomic mass is 16.1. The van der Waals surface area contributed by atoms with E-state index in [0.717, 1.165) is 16.9 Å². The summed E-state index contributed by atoms with van der Waals surface area (Å²) >= 11 is 0. The zero-order chi connectivity index (χ0) is 12.8. The maximum absolute atomic E-state index is 11.9. The van der Waals surface area contributed by atoms with Crippen molar-refractivity contribution in [2.45, 2.75) is 0 Å². The normalized spacial score (nSPS) is 11.4. The van der Waals surface area contributed by atoms with E-state index in [1.54, 1.807) is 12.3 Å². The first-order valence-electron chi connectivity index (χ1n) is 5.97. The molecule has 5 heteroatoms. The Kier molecular flexibility index (Phi) is 1.91. The van der Waals surface area contributed by atoms with E-state index in [1.165, 1.54) is 0 Å². The molecule has 0 radical (unpaired) electrons. The van der Waals surface area contributed by atoms with Gasteiger partial charge < -0.3 is 4.98 Å². The molecule has 0 atom stereocenters. The Bertz CT molecular complexity index is 930. The minimum Gasteiger partial charge on any atom is -0.316 e. The van der Waals surface area contributed by atoms with Crippen molar-refractivity contribution in [2.24, 2.45) is 0 Å². The number of benzene rings is 1. The molecule has 0 amide bonds. The maximum Gasteiger partial charge on any atom is 0.272 e. The molecule has 0 spiro atoms. The fourth-order valence-corrected chi connectivity index (χ4v) is 2.36. The van der Waals surface area contributed by atoms with Gasteiger partial charge in [-0.05, 0) is 24.3 Å². The van der Waals surface area contributed by atoms with Crippen molar-refractivity contribution in [3.63, 3.8) is 0 Å². The van der Waals surface area contributed by atoms with Crippen molar-refractivity contribution >= 4 is 16.7 Å². The Hall–Kier alpha value is -2.82. The molecule has 92 valence electrons. The highest BCUT2D eigenvalue weighted by Crippen LogP contribution is 2.16. The number of aromatic amines is 1. The number of H-pyrrole nitrogens is 1. The topological polar surface area (TPSA) is 55.1 Å². The predicted molar refractivity (Wildman–Crippen MR) is 72.6 cm³/mol. The molecular formula is C14H10N4O. The van der Waals surface area contributed by atoms with Gasteiger partial charge in [-0.25, -0.2) is 4.68 Å². The van der Waals surface area contributed by atoms with Crippen LogP contribution in [0.3, 0.4) is 0 Å². The van der Waals surface area contributed by atoms with Crippen molar-refractivity contribution in [1.29, 1.82) is 0 Å². The van der Waals surface area contributed by atoms with Crippen LogP contribution in [0.15, 0.2) is 59.7 Å². The molecule has 0 aliphatic carbocycles. The van der Waals surface area contributed by atoms with Crippen molar-refractivity contribution in [1.82, 2.24) is 19.2 Å². The Balaban J connectivity index is 2.19. The molecule has 0 aliphatic heterocycles. The molecule has 4 aromatic rings. The van der Waals surface area contributed by atoms with Crippen LogP contribution >= 0.6 is 0 Å². The molecule has 1 aromatic carbocycles. The first-order chi connectivity index (χ1) is 9.34. The van der Waals surface area contributed by atoms with E-state index < -0.39 is 0 Å². The fourth-order valence-electron chi connectivity index (χ4n) is 2.36. The van der Waals surface area contributed by atoms with Gasteiger partial charge in [0.25, 0.3) is 5.56 Å². The highest BCUT2D eigenvalue weighted by Gasteiger charge is 2.10. The van der Waals surface area contributed by atoms with Crippen LogP contribution in [0.25, 0.3) is 22.4 Å². The monoisotopic (exact) mass is 250 g/mol. The average Bonchev–Trinajstić information content (AvgIpc) is 3.05. The van der Waals surface area contributed by atoms with Crippen LogP contribution < -0.4 is 5.56 Å². The van der Waals surface area contributed by atoms with E-state index in [4.69, 9.17) is 0 Å². The SMILES string of the molecule is O=c1[nH]c2cnn(-c3ccccc3)c2n2cccc12. The summed E-state index contributed by atoms with van der Waals surface area (Å²) in [5.41, 5.74) is 3.04. The molecule has 3 heterocycles. The number of fused-ring (bicyclic) bond motifs is 3. The number of hydrogen-bond donors (Lipinski definition) is 1. The van der Waals surface area contributed by atoms with Gasteiger partial charge in [0, 0.05) is 6.20 Å². The molecular weight excluding hydrogens is 240 g/mol. The third-order valence-electron chi connectivity index (χ3n) is 3.20. The molecule has 3 aromatic heterocycles. The Labute approximate surface area is 107 Å². The third-order valence-corrected chi connectivity index (χ3v) is 3.20. The lowest BCUT2D eigenvalue weighted by Gasteiger charge is -2.05. The molecule has 0 saturated heterocycles. The Morgan fingerprint density at radius 3 is 2.74 bits per heavy atom. The van der Waals surface area contributed by atoms with Crippen LogP contribution in [0.4, 0.5) is 0 Å². The third kappa shape index (κ3) is 1.35. The second kappa shape index (κ2) is 3.58. The lowest BCUT2D eigenvalue weighted by molar-refractivity contribution is 0.888. The molecule has 0 saturated carbocycles. The first kappa shape index (κ1) is 10.1. The lowest BCUT2D eigenvalue weighted by Crippen LogP contribution is -2.10. The molecule has 4 rings (SSSR count). The van der Waals surface area contributed by atoms with Gasteiger partial charge in [0.1, 0.15) is 11.0 Å². The van der Waals surface area contributed by atoms with Crippen LogP contribution in [0, 0.1) is 0 Å². The van der Waals surface area contributed by atoms with E-state index >= 15 is 0 Å².